The van der Waals surface area contributed by atoms with Gasteiger partial charge in [0, 0.05) is 6.20 Å². The Morgan fingerprint density at radius 3 is 2.62 bits per heavy atom. The molecule has 0 fully saturated rings. The number of para-hydroxylation sites is 1. The van der Waals surface area contributed by atoms with Crippen molar-refractivity contribution in [1.82, 2.24) is 14.8 Å². The maximum absolute atomic E-state index is 11.4. The van der Waals surface area contributed by atoms with Crippen LogP contribution in [0, 0.1) is 13.8 Å². The highest BCUT2D eigenvalue weighted by Gasteiger charge is 2.19. The normalized spacial score (nSPS) is 11.0. The second kappa shape index (κ2) is 5.13. The highest BCUT2D eigenvalue weighted by Crippen LogP contribution is 2.31. The minimum atomic E-state index is -0.627. The van der Waals surface area contributed by atoms with E-state index in [4.69, 9.17) is 23.2 Å². The zero-order valence-corrected chi connectivity index (χ0v) is 12.9. The van der Waals surface area contributed by atoms with Crippen LogP contribution < -0.4 is 0 Å². The molecule has 4 nitrogen and oxygen atoms in total. The van der Waals surface area contributed by atoms with Crippen LogP contribution in [0.1, 0.15) is 21.6 Å². The Balaban J connectivity index is 2.36. The molecule has 0 radical (unpaired) electrons. The van der Waals surface area contributed by atoms with Gasteiger partial charge in [-0.05, 0) is 37.1 Å². The van der Waals surface area contributed by atoms with Gasteiger partial charge in [0.2, 0.25) is 0 Å². The molecule has 2 heterocycles. The fraction of sp³-hybridized carbons (Fsp3) is 0.133. The highest BCUT2D eigenvalue weighted by atomic mass is 35.5. The van der Waals surface area contributed by atoms with Crippen molar-refractivity contribution in [3.8, 4) is 5.69 Å². The summed E-state index contributed by atoms with van der Waals surface area (Å²) in [6.45, 7) is 3.82. The molecule has 3 rings (SSSR count). The molecule has 0 unspecified atom stereocenters. The predicted octanol–water partition coefficient (Wildman–Crippen LogP) is 4.07. The van der Waals surface area contributed by atoms with Gasteiger partial charge in [0.05, 0.1) is 27.4 Å². The van der Waals surface area contributed by atoms with E-state index in [1.807, 2.05) is 38.1 Å². The summed E-state index contributed by atoms with van der Waals surface area (Å²) in [5.41, 5.74) is 3.48. The van der Waals surface area contributed by atoms with Crippen molar-refractivity contribution in [3.63, 3.8) is 0 Å². The molecule has 0 bridgehead atoms. The summed E-state index contributed by atoms with van der Waals surface area (Å²) in [5.74, 6) is 0. The summed E-state index contributed by atoms with van der Waals surface area (Å²) in [6, 6.07) is 7.85. The molecule has 0 aliphatic carbocycles. The number of aryl methyl sites for hydroxylation is 2. The monoisotopic (exact) mass is 319 g/mol. The summed E-state index contributed by atoms with van der Waals surface area (Å²) in [5, 5.41) is 4.80. The lowest BCUT2D eigenvalue weighted by Crippen LogP contribution is -2.01. The smallest absolute Gasteiger partial charge is 0.255 e. The molecule has 0 saturated heterocycles. The van der Waals surface area contributed by atoms with Crippen molar-refractivity contribution in [2.45, 2.75) is 13.8 Å². The van der Waals surface area contributed by atoms with Gasteiger partial charge in [-0.3, -0.25) is 4.79 Å². The van der Waals surface area contributed by atoms with Crippen molar-refractivity contribution in [1.29, 1.82) is 0 Å². The zero-order chi connectivity index (χ0) is 15.1. The molecule has 1 aromatic carbocycles. The minimum Gasteiger partial charge on any atom is -0.275 e. The first-order valence-electron chi connectivity index (χ1n) is 6.30. The average molecular weight is 320 g/mol. The Bertz CT molecular complexity index is 871. The van der Waals surface area contributed by atoms with E-state index >= 15 is 0 Å². The van der Waals surface area contributed by atoms with Gasteiger partial charge in [-0.2, -0.15) is 5.10 Å². The number of pyridine rings is 1. The summed E-state index contributed by atoms with van der Waals surface area (Å²) < 4.78 is 1.73. The van der Waals surface area contributed by atoms with Crippen LogP contribution in [-0.2, 0) is 0 Å². The maximum Gasteiger partial charge on any atom is 0.255 e. The molecule has 0 aliphatic rings. The molecule has 0 saturated carbocycles. The molecule has 0 N–H and O–H groups in total. The second-order valence-electron chi connectivity index (χ2n) is 4.74. The second-order valence-corrected chi connectivity index (χ2v) is 5.46. The number of halogens is 2. The Kier molecular flexibility index (Phi) is 3.43. The van der Waals surface area contributed by atoms with Gasteiger partial charge in [0.25, 0.3) is 5.24 Å². The van der Waals surface area contributed by atoms with Gasteiger partial charge >= 0.3 is 0 Å². The molecule has 2 aromatic heterocycles. The third-order valence-electron chi connectivity index (χ3n) is 3.36. The van der Waals surface area contributed by atoms with Crippen molar-refractivity contribution < 1.29 is 4.79 Å². The third-order valence-corrected chi connectivity index (χ3v) is 3.96. The lowest BCUT2D eigenvalue weighted by molar-refractivity contribution is 0.108. The van der Waals surface area contributed by atoms with Gasteiger partial charge in [-0.1, -0.05) is 29.8 Å². The molecule has 0 spiro atoms. The predicted molar refractivity (Wildman–Crippen MR) is 83.5 cm³/mol. The topological polar surface area (TPSA) is 47.8 Å². The van der Waals surface area contributed by atoms with Gasteiger partial charge in [0.15, 0.2) is 5.65 Å². The van der Waals surface area contributed by atoms with Crippen molar-refractivity contribution in [2.75, 3.05) is 0 Å². The van der Waals surface area contributed by atoms with E-state index in [0.717, 1.165) is 11.3 Å². The average Bonchev–Trinajstić information content (AvgIpc) is 2.77. The van der Waals surface area contributed by atoms with E-state index in [2.05, 4.69) is 10.1 Å². The molecular weight excluding hydrogens is 309 g/mol. The summed E-state index contributed by atoms with van der Waals surface area (Å²) in [4.78, 5) is 15.7. The summed E-state index contributed by atoms with van der Waals surface area (Å²) in [7, 11) is 0. The number of carbonyl (C=O) groups excluding carboxylic acids is 1. The van der Waals surface area contributed by atoms with Crippen LogP contribution in [0.3, 0.4) is 0 Å². The number of nitrogens with zero attached hydrogens (tertiary/aromatic N) is 3. The van der Waals surface area contributed by atoms with E-state index < -0.39 is 5.24 Å². The Hall–Kier alpha value is -1.91. The van der Waals surface area contributed by atoms with Crippen molar-refractivity contribution in [3.05, 3.63) is 52.3 Å². The van der Waals surface area contributed by atoms with Crippen LogP contribution >= 0.6 is 23.2 Å². The first kappa shape index (κ1) is 14.0. The number of fused-ring (bicyclic) bond motifs is 1. The number of hydrogen-bond donors (Lipinski definition) is 0. The third kappa shape index (κ3) is 2.20. The molecule has 0 atom stereocenters. The lowest BCUT2D eigenvalue weighted by atomic mass is 10.2. The number of hydrogen-bond acceptors (Lipinski definition) is 3. The SMILES string of the molecule is Cc1ccccc1-n1nc(C)c2c(Cl)c(C(=O)Cl)cnc21. The van der Waals surface area contributed by atoms with Crippen LogP contribution in [-0.4, -0.2) is 20.0 Å². The largest absolute Gasteiger partial charge is 0.275 e. The van der Waals surface area contributed by atoms with Crippen LogP contribution in [0.4, 0.5) is 0 Å². The highest BCUT2D eigenvalue weighted by molar-refractivity contribution is 6.69. The molecule has 3 aromatic rings. The van der Waals surface area contributed by atoms with Gasteiger partial charge in [-0.15, -0.1) is 0 Å². The van der Waals surface area contributed by atoms with E-state index in [0.29, 0.717) is 16.7 Å². The number of benzene rings is 1. The number of rotatable bonds is 2. The van der Waals surface area contributed by atoms with E-state index in [-0.39, 0.29) is 10.6 Å². The van der Waals surface area contributed by atoms with Gasteiger partial charge in [-0.25, -0.2) is 9.67 Å². The molecular formula is C15H11Cl2N3O. The van der Waals surface area contributed by atoms with Crippen molar-refractivity contribution >= 4 is 39.5 Å². The molecule has 21 heavy (non-hydrogen) atoms. The fourth-order valence-electron chi connectivity index (χ4n) is 2.31. The molecule has 0 amide bonds. The van der Waals surface area contributed by atoms with E-state index in [1.165, 1.54) is 6.20 Å². The van der Waals surface area contributed by atoms with E-state index in [1.54, 1.807) is 4.68 Å². The Morgan fingerprint density at radius 1 is 1.24 bits per heavy atom. The maximum atomic E-state index is 11.4. The standard InChI is InChI=1S/C15H11Cl2N3O/c1-8-5-3-4-6-11(8)20-15-12(9(2)19-20)13(16)10(7-18-15)14(17)21/h3-7H,1-2H3. The Labute approximate surface area is 131 Å². The first-order chi connectivity index (χ1) is 10.0. The quantitative estimate of drug-likeness (QED) is 0.669. The molecule has 106 valence electrons. The first-order valence-corrected chi connectivity index (χ1v) is 7.06. The fourth-order valence-corrected chi connectivity index (χ4v) is 2.86. The Morgan fingerprint density at radius 2 is 1.95 bits per heavy atom. The number of carbonyl (C=O) groups is 1. The number of aromatic nitrogens is 3. The van der Waals surface area contributed by atoms with Crippen LogP contribution in [0.2, 0.25) is 5.02 Å². The van der Waals surface area contributed by atoms with Gasteiger partial charge in [0.1, 0.15) is 0 Å². The minimum absolute atomic E-state index is 0.193. The summed E-state index contributed by atoms with van der Waals surface area (Å²) >= 11 is 11.8. The van der Waals surface area contributed by atoms with Crippen LogP contribution in [0.5, 0.6) is 0 Å². The zero-order valence-electron chi connectivity index (χ0n) is 11.4. The molecule has 0 aliphatic heterocycles. The lowest BCUT2D eigenvalue weighted by Gasteiger charge is -2.06. The van der Waals surface area contributed by atoms with Gasteiger partial charge < -0.3 is 0 Å². The van der Waals surface area contributed by atoms with Crippen molar-refractivity contribution in [2.24, 2.45) is 0 Å². The van der Waals surface area contributed by atoms with E-state index in [9.17, 15) is 4.79 Å². The van der Waals surface area contributed by atoms with Crippen LogP contribution in [0.15, 0.2) is 30.5 Å². The van der Waals surface area contributed by atoms with Crippen LogP contribution in [0.25, 0.3) is 16.7 Å². The molecule has 6 heteroatoms. The summed E-state index contributed by atoms with van der Waals surface area (Å²) in [6.07, 6.45) is 1.38.